The van der Waals surface area contributed by atoms with E-state index in [2.05, 4.69) is 5.32 Å². The summed E-state index contributed by atoms with van der Waals surface area (Å²) in [7, 11) is 0. The summed E-state index contributed by atoms with van der Waals surface area (Å²) in [6, 6.07) is 6.29. The van der Waals surface area contributed by atoms with Crippen LogP contribution in [0.3, 0.4) is 0 Å². The third-order valence-electron chi connectivity index (χ3n) is 5.70. The van der Waals surface area contributed by atoms with E-state index in [9.17, 15) is 13.2 Å². The lowest BCUT2D eigenvalue weighted by Crippen LogP contribution is -2.29. The zero-order valence-corrected chi connectivity index (χ0v) is 14.8. The number of alkyl halides is 3. The van der Waals surface area contributed by atoms with Gasteiger partial charge in [-0.3, -0.25) is 0 Å². The lowest BCUT2D eigenvalue weighted by atomic mass is 9.86. The van der Waals surface area contributed by atoms with Gasteiger partial charge in [0.25, 0.3) is 0 Å². The van der Waals surface area contributed by atoms with Crippen molar-refractivity contribution in [2.45, 2.75) is 51.2 Å². The molecular formula is C19H28F3N3. The van der Waals surface area contributed by atoms with E-state index in [0.29, 0.717) is 18.5 Å². The van der Waals surface area contributed by atoms with Crippen LogP contribution in [0.25, 0.3) is 0 Å². The molecule has 6 heteroatoms. The molecule has 2 fully saturated rings. The summed E-state index contributed by atoms with van der Waals surface area (Å²) in [5.74, 6) is -0.548. The lowest BCUT2D eigenvalue weighted by Gasteiger charge is -2.27. The molecule has 1 saturated carbocycles. The fourth-order valence-electron chi connectivity index (χ4n) is 3.95. The Morgan fingerprint density at radius 1 is 1.16 bits per heavy atom. The second-order valence-electron chi connectivity index (χ2n) is 7.63. The first-order valence-corrected chi connectivity index (χ1v) is 9.24. The minimum absolute atomic E-state index is 0.0675. The Hall–Kier alpha value is -1.43. The van der Waals surface area contributed by atoms with Crippen LogP contribution in [0.2, 0.25) is 0 Å². The number of benzene rings is 1. The van der Waals surface area contributed by atoms with E-state index in [1.807, 2.05) is 30.0 Å². The van der Waals surface area contributed by atoms with Crippen molar-refractivity contribution in [1.82, 2.24) is 0 Å². The Balaban J connectivity index is 1.56. The maximum atomic E-state index is 12.9. The Labute approximate surface area is 147 Å². The van der Waals surface area contributed by atoms with Gasteiger partial charge in [0.2, 0.25) is 0 Å². The number of nitrogens with zero attached hydrogens (tertiary/aromatic N) is 1. The predicted octanol–water partition coefficient (Wildman–Crippen LogP) is 4.31. The van der Waals surface area contributed by atoms with Crippen molar-refractivity contribution in [3.8, 4) is 0 Å². The summed E-state index contributed by atoms with van der Waals surface area (Å²) in [4.78, 5) is 1.84. The highest BCUT2D eigenvalue weighted by atomic mass is 19.4. The molecule has 25 heavy (non-hydrogen) atoms. The Bertz CT molecular complexity index is 580. The van der Waals surface area contributed by atoms with Gasteiger partial charge in [0.05, 0.1) is 5.92 Å². The van der Waals surface area contributed by atoms with Crippen LogP contribution in [-0.2, 0) is 0 Å². The van der Waals surface area contributed by atoms with Crippen molar-refractivity contribution in [1.29, 1.82) is 0 Å². The molecule has 1 heterocycles. The molecule has 1 aliphatic carbocycles. The van der Waals surface area contributed by atoms with Crippen molar-refractivity contribution in [3.05, 3.63) is 23.8 Å². The van der Waals surface area contributed by atoms with E-state index >= 15 is 0 Å². The highest BCUT2D eigenvalue weighted by Gasteiger charge is 2.43. The first-order valence-electron chi connectivity index (χ1n) is 9.24. The van der Waals surface area contributed by atoms with Gasteiger partial charge in [0.15, 0.2) is 0 Å². The summed E-state index contributed by atoms with van der Waals surface area (Å²) in [5.41, 5.74) is 8.99. The normalized spacial score (nSPS) is 27.6. The number of nitrogens with one attached hydrogen (secondary N) is 1. The molecule has 1 aromatic carbocycles. The summed E-state index contributed by atoms with van der Waals surface area (Å²) in [6.07, 6.45) is 0.620. The van der Waals surface area contributed by atoms with Gasteiger partial charge >= 0.3 is 6.18 Å². The molecule has 1 saturated heterocycles. The molecule has 2 aliphatic rings. The lowest BCUT2D eigenvalue weighted by molar-refractivity contribution is -0.168. The summed E-state index contributed by atoms with van der Waals surface area (Å²) in [6.45, 7) is 3.49. The van der Waals surface area contributed by atoms with Gasteiger partial charge in [-0.15, -0.1) is 0 Å². The summed E-state index contributed by atoms with van der Waals surface area (Å²) in [5, 5.41) is 3.51. The smallest absolute Gasteiger partial charge is 0.385 e. The molecule has 1 aliphatic heterocycles. The van der Waals surface area contributed by atoms with E-state index in [4.69, 9.17) is 5.73 Å². The van der Waals surface area contributed by atoms with Crippen LogP contribution in [0.15, 0.2) is 18.2 Å². The van der Waals surface area contributed by atoms with Gasteiger partial charge in [-0.1, -0.05) is 0 Å². The molecule has 0 bridgehead atoms. The average Bonchev–Trinajstić information content (AvgIpc) is 3.05. The topological polar surface area (TPSA) is 41.3 Å². The minimum atomic E-state index is -4.09. The molecule has 1 aromatic rings. The maximum absolute atomic E-state index is 12.9. The molecular weight excluding hydrogens is 327 g/mol. The van der Waals surface area contributed by atoms with Crippen molar-refractivity contribution >= 4 is 11.4 Å². The second kappa shape index (κ2) is 7.44. The quantitative estimate of drug-likeness (QED) is 0.845. The average molecular weight is 355 g/mol. The van der Waals surface area contributed by atoms with E-state index in [1.54, 1.807) is 0 Å². The van der Waals surface area contributed by atoms with Crippen molar-refractivity contribution < 1.29 is 13.2 Å². The van der Waals surface area contributed by atoms with Crippen LogP contribution in [0.1, 0.15) is 37.7 Å². The minimum Gasteiger partial charge on any atom is -0.385 e. The predicted molar refractivity (Wildman–Crippen MR) is 96.0 cm³/mol. The van der Waals surface area contributed by atoms with Crippen molar-refractivity contribution in [2.24, 2.45) is 17.6 Å². The van der Waals surface area contributed by atoms with E-state index in [-0.39, 0.29) is 13.0 Å². The molecule has 0 radical (unpaired) electrons. The van der Waals surface area contributed by atoms with Crippen molar-refractivity contribution in [2.75, 3.05) is 29.9 Å². The zero-order chi connectivity index (χ0) is 18.0. The van der Waals surface area contributed by atoms with Crippen LogP contribution in [0.4, 0.5) is 24.5 Å². The van der Waals surface area contributed by atoms with Crippen LogP contribution in [-0.4, -0.2) is 31.9 Å². The van der Waals surface area contributed by atoms with Gasteiger partial charge in [-0.2, -0.15) is 13.2 Å². The van der Waals surface area contributed by atoms with Gasteiger partial charge in [-0.05, 0) is 68.7 Å². The molecule has 3 N–H and O–H groups in total. The third-order valence-corrected chi connectivity index (χ3v) is 5.70. The van der Waals surface area contributed by atoms with Gasteiger partial charge < -0.3 is 16.0 Å². The molecule has 1 atom stereocenters. The highest BCUT2D eigenvalue weighted by molar-refractivity contribution is 5.60. The van der Waals surface area contributed by atoms with E-state index in [1.165, 1.54) is 0 Å². The maximum Gasteiger partial charge on any atom is 0.393 e. The highest BCUT2D eigenvalue weighted by Crippen LogP contribution is 2.36. The van der Waals surface area contributed by atoms with Crippen LogP contribution in [0.5, 0.6) is 0 Å². The number of hydrogen-bond acceptors (Lipinski definition) is 3. The monoisotopic (exact) mass is 355 g/mol. The standard InChI is InChI=1S/C19H28F3N3/c1-13-10-17(25-9-8-15(12-25)19(20,21)22)6-7-18(13)24-11-14-2-4-16(23)5-3-14/h6-7,10,14-16,24H,2-5,8-9,11-12,23H2,1H3/t14-,15?,16-. The Morgan fingerprint density at radius 3 is 2.48 bits per heavy atom. The summed E-state index contributed by atoms with van der Waals surface area (Å²) >= 11 is 0. The SMILES string of the molecule is Cc1cc(N2CCC(C(F)(F)F)C2)ccc1NC[C@H]1CC[C@H](N)CC1. The molecule has 3 nitrogen and oxygen atoms in total. The Morgan fingerprint density at radius 2 is 1.88 bits per heavy atom. The zero-order valence-electron chi connectivity index (χ0n) is 14.8. The molecule has 0 amide bonds. The van der Waals surface area contributed by atoms with Gasteiger partial charge in [0.1, 0.15) is 0 Å². The fourth-order valence-corrected chi connectivity index (χ4v) is 3.95. The van der Waals surface area contributed by atoms with Crippen LogP contribution < -0.4 is 16.0 Å². The second-order valence-corrected chi connectivity index (χ2v) is 7.63. The first kappa shape index (κ1) is 18.4. The van der Waals surface area contributed by atoms with Gasteiger partial charge in [-0.25, -0.2) is 0 Å². The molecule has 0 aromatic heterocycles. The van der Waals surface area contributed by atoms with Crippen molar-refractivity contribution in [3.63, 3.8) is 0 Å². The molecule has 140 valence electrons. The molecule has 0 spiro atoms. The Kier molecular flexibility index (Phi) is 5.46. The largest absolute Gasteiger partial charge is 0.393 e. The van der Waals surface area contributed by atoms with E-state index in [0.717, 1.165) is 49.2 Å². The van der Waals surface area contributed by atoms with Gasteiger partial charge in [0, 0.05) is 37.1 Å². The third kappa shape index (κ3) is 4.60. The number of nitrogens with two attached hydrogens (primary N) is 1. The fraction of sp³-hybridized carbons (Fsp3) is 0.684. The molecule has 1 unspecified atom stereocenters. The first-order chi connectivity index (χ1) is 11.8. The van der Waals surface area contributed by atoms with E-state index < -0.39 is 12.1 Å². The van der Waals surface area contributed by atoms with Crippen LogP contribution >= 0.6 is 0 Å². The number of rotatable bonds is 4. The number of anilines is 2. The number of hydrogen-bond donors (Lipinski definition) is 2. The number of halogens is 3. The number of aryl methyl sites for hydroxylation is 1. The molecule has 3 rings (SSSR count). The summed E-state index contributed by atoms with van der Waals surface area (Å²) < 4.78 is 38.6. The van der Waals surface area contributed by atoms with Crippen LogP contribution in [0, 0.1) is 18.8 Å².